The van der Waals surface area contributed by atoms with E-state index in [-0.39, 0.29) is 5.92 Å². The van der Waals surface area contributed by atoms with Crippen LogP contribution < -0.4 is 0 Å². The fraction of sp³-hybridized carbons (Fsp3) is 0.300. The summed E-state index contributed by atoms with van der Waals surface area (Å²) >= 11 is 0. The molecule has 0 aliphatic carbocycles. The number of nitrogens with zero attached hydrogens (tertiary/aromatic N) is 3. The van der Waals surface area contributed by atoms with E-state index in [2.05, 4.69) is 11.1 Å². The third-order valence-corrected chi connectivity index (χ3v) is 1.87. The van der Waals surface area contributed by atoms with Gasteiger partial charge in [0.05, 0.1) is 6.07 Å². The van der Waals surface area contributed by atoms with Gasteiger partial charge in [0, 0.05) is 12.6 Å². The van der Waals surface area contributed by atoms with E-state index in [1.165, 1.54) is 0 Å². The summed E-state index contributed by atoms with van der Waals surface area (Å²) in [4.78, 5) is 3.93. The number of rotatable bonds is 2. The maximum atomic E-state index is 8.51. The zero-order chi connectivity index (χ0) is 9.68. The van der Waals surface area contributed by atoms with Crippen LogP contribution in [0.3, 0.4) is 0 Å². The van der Waals surface area contributed by atoms with Gasteiger partial charge in [-0.2, -0.15) is 10.5 Å². The molecule has 0 unspecified atom stereocenters. The fourth-order valence-corrected chi connectivity index (χ4v) is 1.02. The Kier molecular flexibility index (Phi) is 3.00. The Balaban J connectivity index is 2.82. The van der Waals surface area contributed by atoms with Gasteiger partial charge in [-0.1, -0.05) is 13.0 Å². The molecule has 0 N–H and O–H groups in total. The lowest BCUT2D eigenvalue weighted by Crippen LogP contribution is -1.93. The van der Waals surface area contributed by atoms with Gasteiger partial charge < -0.3 is 0 Å². The summed E-state index contributed by atoms with van der Waals surface area (Å²) in [7, 11) is 0. The third kappa shape index (κ3) is 2.28. The molecule has 0 radical (unpaired) electrons. The predicted molar refractivity (Wildman–Crippen MR) is 47.6 cm³/mol. The highest BCUT2D eigenvalue weighted by molar-refractivity contribution is 5.25. The smallest absolute Gasteiger partial charge is 0.140 e. The van der Waals surface area contributed by atoms with Gasteiger partial charge in [-0.05, 0) is 17.5 Å². The van der Waals surface area contributed by atoms with Gasteiger partial charge in [0.2, 0.25) is 0 Å². The average molecular weight is 171 g/mol. The SMILES string of the molecule is C[C@H](CC#N)c1ccc(C#N)nc1. The molecule has 0 fully saturated rings. The Morgan fingerprint density at radius 2 is 2.23 bits per heavy atom. The van der Waals surface area contributed by atoms with Crippen LogP contribution in [0.25, 0.3) is 0 Å². The van der Waals surface area contributed by atoms with Gasteiger partial charge in [0.15, 0.2) is 0 Å². The van der Waals surface area contributed by atoms with Crippen LogP contribution >= 0.6 is 0 Å². The van der Waals surface area contributed by atoms with E-state index in [4.69, 9.17) is 10.5 Å². The molecule has 1 heterocycles. The molecule has 0 amide bonds. The van der Waals surface area contributed by atoms with Gasteiger partial charge in [0.25, 0.3) is 0 Å². The van der Waals surface area contributed by atoms with Crippen molar-refractivity contribution < 1.29 is 0 Å². The number of pyridine rings is 1. The second-order valence-electron chi connectivity index (χ2n) is 2.85. The predicted octanol–water partition coefficient (Wildman–Crippen LogP) is 1.97. The Hall–Kier alpha value is -1.87. The average Bonchev–Trinajstić information content (AvgIpc) is 2.18. The molecular weight excluding hydrogens is 162 g/mol. The van der Waals surface area contributed by atoms with Crippen LogP contribution in [0.1, 0.15) is 30.5 Å². The number of hydrogen-bond acceptors (Lipinski definition) is 3. The first-order valence-electron chi connectivity index (χ1n) is 4.01. The largest absolute Gasteiger partial charge is 0.245 e. The zero-order valence-corrected chi connectivity index (χ0v) is 7.36. The maximum absolute atomic E-state index is 8.51. The van der Waals surface area contributed by atoms with Crippen LogP contribution in [-0.4, -0.2) is 4.98 Å². The molecule has 64 valence electrons. The molecule has 0 spiro atoms. The van der Waals surface area contributed by atoms with Crippen LogP contribution in [0.5, 0.6) is 0 Å². The van der Waals surface area contributed by atoms with E-state index in [0.29, 0.717) is 12.1 Å². The summed E-state index contributed by atoms with van der Waals surface area (Å²) in [6.45, 7) is 1.96. The maximum Gasteiger partial charge on any atom is 0.140 e. The monoisotopic (exact) mass is 171 g/mol. The van der Waals surface area contributed by atoms with E-state index < -0.39 is 0 Å². The second-order valence-corrected chi connectivity index (χ2v) is 2.85. The van der Waals surface area contributed by atoms with E-state index in [1.54, 1.807) is 12.3 Å². The van der Waals surface area contributed by atoms with Crippen LogP contribution in [-0.2, 0) is 0 Å². The molecule has 1 rings (SSSR count). The summed E-state index contributed by atoms with van der Waals surface area (Å²) in [5.41, 5.74) is 1.41. The van der Waals surface area contributed by atoms with Crippen molar-refractivity contribution in [2.75, 3.05) is 0 Å². The van der Waals surface area contributed by atoms with E-state index in [9.17, 15) is 0 Å². The van der Waals surface area contributed by atoms with Gasteiger partial charge in [0.1, 0.15) is 11.8 Å². The van der Waals surface area contributed by atoms with Crippen molar-refractivity contribution in [3.63, 3.8) is 0 Å². The van der Waals surface area contributed by atoms with Crippen LogP contribution in [0, 0.1) is 22.7 Å². The fourth-order valence-electron chi connectivity index (χ4n) is 1.02. The molecule has 1 aromatic heterocycles. The van der Waals surface area contributed by atoms with Crippen molar-refractivity contribution >= 4 is 0 Å². The van der Waals surface area contributed by atoms with Gasteiger partial charge in [-0.3, -0.25) is 0 Å². The van der Waals surface area contributed by atoms with Gasteiger partial charge in [-0.25, -0.2) is 4.98 Å². The lowest BCUT2D eigenvalue weighted by atomic mass is 10.0. The molecule has 0 aromatic carbocycles. The number of aromatic nitrogens is 1. The molecule has 13 heavy (non-hydrogen) atoms. The number of hydrogen-bond donors (Lipinski definition) is 0. The van der Waals surface area contributed by atoms with Crippen molar-refractivity contribution in [3.8, 4) is 12.1 Å². The van der Waals surface area contributed by atoms with E-state index in [0.717, 1.165) is 5.56 Å². The third-order valence-electron chi connectivity index (χ3n) is 1.87. The molecule has 3 heteroatoms. The summed E-state index contributed by atoms with van der Waals surface area (Å²) in [5, 5.41) is 17.0. The molecule has 3 nitrogen and oxygen atoms in total. The van der Waals surface area contributed by atoms with Crippen molar-refractivity contribution in [2.45, 2.75) is 19.3 Å². The molecular formula is C10H9N3. The molecule has 0 bridgehead atoms. The first kappa shape index (κ1) is 9.22. The van der Waals surface area contributed by atoms with Crippen LogP contribution in [0.15, 0.2) is 18.3 Å². The molecule has 0 saturated carbocycles. The first-order valence-corrected chi connectivity index (χ1v) is 4.01. The summed E-state index contributed by atoms with van der Waals surface area (Å²) in [6.07, 6.45) is 2.13. The van der Waals surface area contributed by atoms with Crippen molar-refractivity contribution in [3.05, 3.63) is 29.6 Å². The highest BCUT2D eigenvalue weighted by Gasteiger charge is 2.04. The Morgan fingerprint density at radius 1 is 1.46 bits per heavy atom. The highest BCUT2D eigenvalue weighted by atomic mass is 14.7. The standard InChI is InChI=1S/C10H9N3/c1-8(4-5-11)9-2-3-10(6-12)13-7-9/h2-3,7-8H,4H2,1H3/t8-/m1/s1. The lowest BCUT2D eigenvalue weighted by molar-refractivity contribution is 0.783. The van der Waals surface area contributed by atoms with Crippen LogP contribution in [0.2, 0.25) is 0 Å². The zero-order valence-electron chi connectivity index (χ0n) is 7.36. The van der Waals surface area contributed by atoms with Crippen molar-refractivity contribution in [2.24, 2.45) is 0 Å². The quantitative estimate of drug-likeness (QED) is 0.683. The van der Waals surface area contributed by atoms with Gasteiger partial charge >= 0.3 is 0 Å². The Morgan fingerprint density at radius 3 is 2.69 bits per heavy atom. The van der Waals surface area contributed by atoms with Crippen molar-refractivity contribution in [1.29, 1.82) is 10.5 Å². The Bertz CT molecular complexity index is 353. The molecule has 1 aromatic rings. The van der Waals surface area contributed by atoms with Crippen molar-refractivity contribution in [1.82, 2.24) is 4.98 Å². The lowest BCUT2D eigenvalue weighted by Gasteiger charge is -2.05. The molecule has 1 atom stereocenters. The summed E-state index contributed by atoms with van der Waals surface area (Å²) < 4.78 is 0. The highest BCUT2D eigenvalue weighted by Crippen LogP contribution is 2.16. The summed E-state index contributed by atoms with van der Waals surface area (Å²) in [6, 6.07) is 7.56. The normalized spacial score (nSPS) is 11.3. The van der Waals surface area contributed by atoms with Gasteiger partial charge in [-0.15, -0.1) is 0 Å². The molecule has 0 aliphatic heterocycles. The summed E-state index contributed by atoms with van der Waals surface area (Å²) in [5.74, 6) is 0.185. The Labute approximate surface area is 77.3 Å². The number of nitriles is 2. The molecule has 0 aliphatic rings. The van der Waals surface area contributed by atoms with E-state index >= 15 is 0 Å². The minimum absolute atomic E-state index is 0.185. The minimum atomic E-state index is 0.185. The first-order chi connectivity index (χ1) is 6.27. The minimum Gasteiger partial charge on any atom is -0.245 e. The topological polar surface area (TPSA) is 60.5 Å². The second kappa shape index (κ2) is 4.23. The molecule has 0 saturated heterocycles. The van der Waals surface area contributed by atoms with Crippen LogP contribution in [0.4, 0.5) is 0 Å². The van der Waals surface area contributed by atoms with E-state index in [1.807, 2.05) is 19.1 Å².